The van der Waals surface area contributed by atoms with Crippen molar-refractivity contribution in [2.45, 2.75) is 51.1 Å². The number of hydrogen-bond acceptors (Lipinski definition) is 3. The van der Waals surface area contributed by atoms with E-state index in [1.165, 1.54) is 25.8 Å². The third-order valence-electron chi connectivity index (χ3n) is 5.22. The molecular formula is C15H29Cl2N3O. The van der Waals surface area contributed by atoms with E-state index in [-0.39, 0.29) is 30.7 Å². The molecule has 6 heteroatoms. The van der Waals surface area contributed by atoms with E-state index in [1.54, 1.807) is 0 Å². The van der Waals surface area contributed by atoms with E-state index in [1.807, 2.05) is 0 Å². The second kappa shape index (κ2) is 8.56. The molecule has 3 fully saturated rings. The van der Waals surface area contributed by atoms with E-state index < -0.39 is 0 Å². The molecule has 1 amide bonds. The number of nitrogens with zero attached hydrogens (tertiary/aromatic N) is 2. The highest BCUT2D eigenvalue weighted by molar-refractivity contribution is 5.85. The summed E-state index contributed by atoms with van der Waals surface area (Å²) in [6.07, 6.45) is 5.86. The predicted molar refractivity (Wildman–Crippen MR) is 90.5 cm³/mol. The Hall–Kier alpha value is -0.0300. The van der Waals surface area contributed by atoms with Gasteiger partial charge in [-0.3, -0.25) is 4.79 Å². The number of carbonyl (C=O) groups is 1. The summed E-state index contributed by atoms with van der Waals surface area (Å²) in [5.41, 5.74) is 0. The maximum Gasteiger partial charge on any atom is 0.227 e. The molecule has 0 radical (unpaired) electrons. The minimum atomic E-state index is 0. The van der Waals surface area contributed by atoms with Crippen LogP contribution in [0.15, 0.2) is 0 Å². The SMILES string of the molecule is CCN1CCC2CCC(C1)N2C(=O)C1CCCNC1.Cl.Cl. The molecule has 124 valence electrons. The Balaban J connectivity index is 0.00000110. The van der Waals surface area contributed by atoms with Gasteiger partial charge in [0.15, 0.2) is 0 Å². The first-order chi connectivity index (χ1) is 9.29. The highest BCUT2D eigenvalue weighted by Gasteiger charge is 2.41. The Morgan fingerprint density at radius 2 is 1.90 bits per heavy atom. The highest BCUT2D eigenvalue weighted by atomic mass is 35.5. The van der Waals surface area contributed by atoms with Crippen LogP contribution in [0.3, 0.4) is 0 Å². The third-order valence-corrected chi connectivity index (χ3v) is 5.22. The molecule has 3 rings (SSSR count). The summed E-state index contributed by atoms with van der Waals surface area (Å²) >= 11 is 0. The zero-order chi connectivity index (χ0) is 13.2. The smallest absolute Gasteiger partial charge is 0.227 e. The minimum absolute atomic E-state index is 0. The lowest BCUT2D eigenvalue weighted by Gasteiger charge is -2.33. The van der Waals surface area contributed by atoms with Crippen molar-refractivity contribution in [3.63, 3.8) is 0 Å². The van der Waals surface area contributed by atoms with E-state index in [9.17, 15) is 4.79 Å². The van der Waals surface area contributed by atoms with Gasteiger partial charge < -0.3 is 15.1 Å². The normalized spacial score (nSPS) is 32.8. The summed E-state index contributed by atoms with van der Waals surface area (Å²) in [6, 6.07) is 1.01. The number of piperidine rings is 1. The summed E-state index contributed by atoms with van der Waals surface area (Å²) in [7, 11) is 0. The average Bonchev–Trinajstić information content (AvgIpc) is 2.74. The monoisotopic (exact) mass is 337 g/mol. The van der Waals surface area contributed by atoms with Gasteiger partial charge in [0, 0.05) is 31.7 Å². The number of halogens is 2. The minimum Gasteiger partial charge on any atom is -0.335 e. The molecule has 2 bridgehead atoms. The van der Waals surface area contributed by atoms with Crippen molar-refractivity contribution in [2.75, 3.05) is 32.7 Å². The van der Waals surface area contributed by atoms with Crippen LogP contribution in [-0.4, -0.2) is 60.5 Å². The summed E-state index contributed by atoms with van der Waals surface area (Å²) < 4.78 is 0. The van der Waals surface area contributed by atoms with Gasteiger partial charge in [-0.2, -0.15) is 0 Å². The standard InChI is InChI=1S/C15H27N3O.2ClH/c1-2-17-9-7-13-5-6-14(11-17)18(13)15(19)12-4-3-8-16-10-12;;/h12-14,16H,2-11H2,1H3;2*1H. The zero-order valence-electron chi connectivity index (χ0n) is 12.9. The van der Waals surface area contributed by atoms with Crippen LogP contribution in [0.4, 0.5) is 0 Å². The fourth-order valence-corrected chi connectivity index (χ4v) is 4.07. The van der Waals surface area contributed by atoms with Gasteiger partial charge in [0.1, 0.15) is 0 Å². The number of likely N-dealkylation sites (tertiary alicyclic amines) is 1. The molecule has 21 heavy (non-hydrogen) atoms. The molecule has 1 N–H and O–H groups in total. The van der Waals surface area contributed by atoms with Crippen LogP contribution in [-0.2, 0) is 4.79 Å². The first-order valence-electron chi connectivity index (χ1n) is 8.05. The number of amides is 1. The molecule has 3 atom stereocenters. The largest absolute Gasteiger partial charge is 0.335 e. The number of carbonyl (C=O) groups excluding carboxylic acids is 1. The molecule has 3 aliphatic heterocycles. The van der Waals surface area contributed by atoms with E-state index >= 15 is 0 Å². The number of fused-ring (bicyclic) bond motifs is 2. The molecule has 4 nitrogen and oxygen atoms in total. The summed E-state index contributed by atoms with van der Waals surface area (Å²) in [5.74, 6) is 0.683. The van der Waals surface area contributed by atoms with Crippen molar-refractivity contribution in [3.05, 3.63) is 0 Å². The van der Waals surface area contributed by atoms with Crippen LogP contribution in [0.25, 0.3) is 0 Å². The van der Waals surface area contributed by atoms with Crippen LogP contribution < -0.4 is 5.32 Å². The maximum atomic E-state index is 12.8. The van der Waals surface area contributed by atoms with E-state index in [4.69, 9.17) is 0 Å². The number of hydrogen-bond donors (Lipinski definition) is 1. The fraction of sp³-hybridized carbons (Fsp3) is 0.933. The van der Waals surface area contributed by atoms with Crippen LogP contribution in [0.1, 0.15) is 39.0 Å². The van der Waals surface area contributed by atoms with Gasteiger partial charge in [-0.1, -0.05) is 6.92 Å². The van der Waals surface area contributed by atoms with Gasteiger partial charge in [-0.05, 0) is 45.2 Å². The van der Waals surface area contributed by atoms with Gasteiger partial charge in [0.2, 0.25) is 5.91 Å². The lowest BCUT2D eigenvalue weighted by molar-refractivity contribution is -0.138. The molecule has 0 aromatic rings. The molecule has 3 heterocycles. The quantitative estimate of drug-likeness (QED) is 0.836. The Kier molecular flexibility index (Phi) is 7.75. The van der Waals surface area contributed by atoms with Crippen LogP contribution in [0, 0.1) is 5.92 Å². The first-order valence-corrected chi connectivity index (χ1v) is 8.05. The Labute approximate surface area is 140 Å². The number of nitrogens with one attached hydrogen (secondary N) is 1. The highest BCUT2D eigenvalue weighted by Crippen LogP contribution is 2.32. The van der Waals surface area contributed by atoms with Gasteiger partial charge in [-0.25, -0.2) is 0 Å². The lowest BCUT2D eigenvalue weighted by atomic mass is 9.97. The Bertz CT molecular complexity index is 337. The van der Waals surface area contributed by atoms with Crippen molar-refractivity contribution in [1.82, 2.24) is 15.1 Å². The van der Waals surface area contributed by atoms with Crippen molar-refractivity contribution >= 4 is 30.7 Å². The number of rotatable bonds is 2. The predicted octanol–water partition coefficient (Wildman–Crippen LogP) is 1.91. The molecule has 3 aliphatic rings. The van der Waals surface area contributed by atoms with Crippen molar-refractivity contribution < 1.29 is 4.79 Å². The Morgan fingerprint density at radius 3 is 2.57 bits per heavy atom. The third kappa shape index (κ3) is 4.04. The molecule has 0 saturated carbocycles. The Morgan fingerprint density at radius 1 is 1.14 bits per heavy atom. The van der Waals surface area contributed by atoms with E-state index in [2.05, 4.69) is 22.0 Å². The van der Waals surface area contributed by atoms with Crippen molar-refractivity contribution in [1.29, 1.82) is 0 Å². The van der Waals surface area contributed by atoms with Crippen molar-refractivity contribution in [3.8, 4) is 0 Å². The van der Waals surface area contributed by atoms with Crippen LogP contribution in [0.2, 0.25) is 0 Å². The molecule has 0 aromatic heterocycles. The van der Waals surface area contributed by atoms with Crippen LogP contribution >= 0.6 is 24.8 Å². The van der Waals surface area contributed by atoms with E-state index in [0.717, 1.165) is 39.0 Å². The van der Waals surface area contributed by atoms with Gasteiger partial charge >= 0.3 is 0 Å². The molecule has 3 saturated heterocycles. The van der Waals surface area contributed by atoms with Crippen LogP contribution in [0.5, 0.6) is 0 Å². The lowest BCUT2D eigenvalue weighted by Crippen LogP contribution is -2.49. The van der Waals surface area contributed by atoms with Gasteiger partial charge in [-0.15, -0.1) is 24.8 Å². The second-order valence-electron chi connectivity index (χ2n) is 6.36. The zero-order valence-corrected chi connectivity index (χ0v) is 14.6. The summed E-state index contributed by atoms with van der Waals surface area (Å²) in [6.45, 7) is 7.60. The molecule has 0 aromatic carbocycles. The first kappa shape index (κ1) is 19.0. The van der Waals surface area contributed by atoms with Crippen molar-refractivity contribution in [2.24, 2.45) is 5.92 Å². The second-order valence-corrected chi connectivity index (χ2v) is 6.36. The number of likely N-dealkylation sites (N-methyl/N-ethyl adjacent to an activating group) is 1. The molecule has 0 spiro atoms. The average molecular weight is 338 g/mol. The fourth-order valence-electron chi connectivity index (χ4n) is 4.07. The maximum absolute atomic E-state index is 12.8. The summed E-state index contributed by atoms with van der Waals surface area (Å²) in [5, 5.41) is 3.38. The molecule has 0 aliphatic carbocycles. The van der Waals surface area contributed by atoms with Gasteiger partial charge in [0.05, 0.1) is 5.92 Å². The molecule has 3 unspecified atom stereocenters. The van der Waals surface area contributed by atoms with Gasteiger partial charge in [0.25, 0.3) is 0 Å². The topological polar surface area (TPSA) is 35.6 Å². The van der Waals surface area contributed by atoms with E-state index in [0.29, 0.717) is 18.0 Å². The molecular weight excluding hydrogens is 309 g/mol. The summed E-state index contributed by atoms with van der Waals surface area (Å²) in [4.78, 5) is 17.6.